The fourth-order valence-corrected chi connectivity index (χ4v) is 2.67. The Balaban J connectivity index is 1.89. The summed E-state index contributed by atoms with van der Waals surface area (Å²) in [6.07, 6.45) is 1.58. The lowest BCUT2D eigenvalue weighted by atomic mass is 10.1. The SMILES string of the molecule is CCOC(=O)CCNC(=O)[C@@H]1CCCN1C(=O)c1ccccc1. The molecule has 0 radical (unpaired) electrons. The van der Waals surface area contributed by atoms with Gasteiger partial charge in [-0.05, 0) is 31.9 Å². The summed E-state index contributed by atoms with van der Waals surface area (Å²) in [6.45, 7) is 2.86. The molecule has 124 valence electrons. The molecule has 1 fully saturated rings. The van der Waals surface area contributed by atoms with Crippen molar-refractivity contribution in [1.29, 1.82) is 0 Å². The van der Waals surface area contributed by atoms with Gasteiger partial charge in [0.1, 0.15) is 6.04 Å². The van der Waals surface area contributed by atoms with Crippen molar-refractivity contribution in [3.05, 3.63) is 35.9 Å². The van der Waals surface area contributed by atoms with Crippen molar-refractivity contribution >= 4 is 17.8 Å². The van der Waals surface area contributed by atoms with Crippen LogP contribution in [0.5, 0.6) is 0 Å². The number of nitrogens with zero attached hydrogens (tertiary/aromatic N) is 1. The van der Waals surface area contributed by atoms with Crippen LogP contribution >= 0.6 is 0 Å². The van der Waals surface area contributed by atoms with Crippen molar-refractivity contribution in [2.45, 2.75) is 32.2 Å². The number of benzene rings is 1. The maximum Gasteiger partial charge on any atom is 0.307 e. The van der Waals surface area contributed by atoms with Crippen molar-refractivity contribution in [3.8, 4) is 0 Å². The van der Waals surface area contributed by atoms with E-state index >= 15 is 0 Å². The number of nitrogens with one attached hydrogen (secondary N) is 1. The number of ether oxygens (including phenoxy) is 1. The van der Waals surface area contributed by atoms with Gasteiger partial charge >= 0.3 is 5.97 Å². The van der Waals surface area contributed by atoms with Gasteiger partial charge in [-0.3, -0.25) is 14.4 Å². The second-order valence-electron chi connectivity index (χ2n) is 5.37. The third-order valence-corrected chi connectivity index (χ3v) is 3.77. The van der Waals surface area contributed by atoms with Crippen LogP contribution in [-0.2, 0) is 14.3 Å². The lowest BCUT2D eigenvalue weighted by Crippen LogP contribution is -2.46. The highest BCUT2D eigenvalue weighted by Gasteiger charge is 2.34. The Kier molecular flexibility index (Phi) is 6.14. The zero-order valence-corrected chi connectivity index (χ0v) is 13.3. The highest BCUT2D eigenvalue weighted by Crippen LogP contribution is 2.20. The van der Waals surface area contributed by atoms with E-state index in [1.807, 2.05) is 6.07 Å². The quantitative estimate of drug-likeness (QED) is 0.804. The monoisotopic (exact) mass is 318 g/mol. The molecule has 0 spiro atoms. The Morgan fingerprint density at radius 2 is 2.00 bits per heavy atom. The predicted molar refractivity (Wildman–Crippen MR) is 84.8 cm³/mol. The van der Waals surface area contributed by atoms with Crippen LogP contribution in [0.25, 0.3) is 0 Å². The number of hydrogen-bond acceptors (Lipinski definition) is 4. The van der Waals surface area contributed by atoms with Crippen molar-refractivity contribution in [2.75, 3.05) is 19.7 Å². The minimum Gasteiger partial charge on any atom is -0.466 e. The molecule has 2 rings (SSSR count). The summed E-state index contributed by atoms with van der Waals surface area (Å²) in [6, 6.07) is 8.48. The van der Waals surface area contributed by atoms with E-state index < -0.39 is 6.04 Å². The van der Waals surface area contributed by atoms with E-state index in [1.54, 1.807) is 36.1 Å². The van der Waals surface area contributed by atoms with Crippen LogP contribution in [0.15, 0.2) is 30.3 Å². The van der Waals surface area contributed by atoms with Crippen LogP contribution in [0.1, 0.15) is 36.5 Å². The minimum absolute atomic E-state index is 0.131. The summed E-state index contributed by atoms with van der Waals surface area (Å²) >= 11 is 0. The number of carbonyl (C=O) groups is 3. The second kappa shape index (κ2) is 8.31. The molecule has 0 saturated carbocycles. The molecule has 1 aromatic carbocycles. The summed E-state index contributed by atoms with van der Waals surface area (Å²) in [7, 11) is 0. The fraction of sp³-hybridized carbons (Fsp3) is 0.471. The molecule has 1 aliphatic heterocycles. The summed E-state index contributed by atoms with van der Waals surface area (Å²) < 4.78 is 4.81. The Bertz CT molecular complexity index is 559. The normalized spacial score (nSPS) is 16.9. The maximum absolute atomic E-state index is 12.5. The third-order valence-electron chi connectivity index (χ3n) is 3.77. The standard InChI is InChI=1S/C17H22N2O4/c1-2-23-15(20)10-11-18-16(21)14-9-6-12-19(14)17(22)13-7-4-3-5-8-13/h3-5,7-8,14H,2,6,9-12H2,1H3,(H,18,21)/t14-/m0/s1. The zero-order valence-electron chi connectivity index (χ0n) is 13.3. The van der Waals surface area contributed by atoms with E-state index in [1.165, 1.54) is 0 Å². The van der Waals surface area contributed by atoms with Crippen LogP contribution in [0.3, 0.4) is 0 Å². The van der Waals surface area contributed by atoms with E-state index in [0.29, 0.717) is 25.1 Å². The first kappa shape index (κ1) is 17.0. The summed E-state index contributed by atoms with van der Waals surface area (Å²) in [5, 5.41) is 2.72. The van der Waals surface area contributed by atoms with E-state index in [4.69, 9.17) is 4.74 Å². The third kappa shape index (κ3) is 4.55. The van der Waals surface area contributed by atoms with E-state index in [0.717, 1.165) is 6.42 Å². The maximum atomic E-state index is 12.5. The Morgan fingerprint density at radius 1 is 1.26 bits per heavy atom. The van der Waals surface area contributed by atoms with Gasteiger partial charge in [-0.15, -0.1) is 0 Å². The number of likely N-dealkylation sites (tertiary alicyclic amines) is 1. The topological polar surface area (TPSA) is 75.7 Å². The van der Waals surface area contributed by atoms with Crippen LogP contribution in [0, 0.1) is 0 Å². The molecule has 6 heteroatoms. The molecule has 2 amide bonds. The number of hydrogen-bond donors (Lipinski definition) is 1. The summed E-state index contributed by atoms with van der Waals surface area (Å²) in [5.74, 6) is -0.679. The van der Waals surface area contributed by atoms with Gasteiger partial charge in [0.05, 0.1) is 13.0 Å². The van der Waals surface area contributed by atoms with Gasteiger partial charge in [0.25, 0.3) is 5.91 Å². The molecule has 0 aliphatic carbocycles. The molecule has 1 heterocycles. The lowest BCUT2D eigenvalue weighted by Gasteiger charge is -2.24. The molecule has 0 bridgehead atoms. The summed E-state index contributed by atoms with van der Waals surface area (Å²) in [5.41, 5.74) is 0.582. The lowest BCUT2D eigenvalue weighted by molar-refractivity contribution is -0.143. The molecular formula is C17H22N2O4. The van der Waals surface area contributed by atoms with Gasteiger partial charge in [-0.2, -0.15) is 0 Å². The van der Waals surface area contributed by atoms with Crippen molar-refractivity contribution in [3.63, 3.8) is 0 Å². The first-order valence-corrected chi connectivity index (χ1v) is 7.93. The fourth-order valence-electron chi connectivity index (χ4n) is 2.67. The molecule has 1 aliphatic rings. The molecule has 0 unspecified atom stereocenters. The van der Waals surface area contributed by atoms with Gasteiger partial charge in [-0.25, -0.2) is 0 Å². The Labute approximate surface area is 135 Å². The van der Waals surface area contributed by atoms with Crippen molar-refractivity contribution < 1.29 is 19.1 Å². The predicted octanol–water partition coefficient (Wildman–Crippen LogP) is 1.36. The molecule has 1 N–H and O–H groups in total. The summed E-state index contributed by atoms with van der Waals surface area (Å²) in [4.78, 5) is 37.6. The molecule has 1 aromatic rings. The Hall–Kier alpha value is -2.37. The van der Waals surface area contributed by atoms with Crippen LogP contribution in [0.4, 0.5) is 0 Å². The van der Waals surface area contributed by atoms with Crippen LogP contribution in [0.2, 0.25) is 0 Å². The highest BCUT2D eigenvalue weighted by atomic mass is 16.5. The highest BCUT2D eigenvalue weighted by molar-refractivity contribution is 5.97. The smallest absolute Gasteiger partial charge is 0.307 e. The molecule has 23 heavy (non-hydrogen) atoms. The van der Waals surface area contributed by atoms with Gasteiger partial charge in [-0.1, -0.05) is 18.2 Å². The minimum atomic E-state index is -0.468. The average Bonchev–Trinajstić information content (AvgIpc) is 3.05. The van der Waals surface area contributed by atoms with Crippen LogP contribution < -0.4 is 5.32 Å². The van der Waals surface area contributed by atoms with E-state index in [2.05, 4.69) is 5.32 Å². The van der Waals surface area contributed by atoms with Crippen molar-refractivity contribution in [2.24, 2.45) is 0 Å². The second-order valence-corrected chi connectivity index (χ2v) is 5.37. The van der Waals surface area contributed by atoms with E-state index in [-0.39, 0.29) is 30.7 Å². The van der Waals surface area contributed by atoms with Crippen LogP contribution in [-0.4, -0.2) is 48.4 Å². The Morgan fingerprint density at radius 3 is 2.70 bits per heavy atom. The van der Waals surface area contributed by atoms with Crippen molar-refractivity contribution in [1.82, 2.24) is 10.2 Å². The number of rotatable bonds is 6. The molecular weight excluding hydrogens is 296 g/mol. The number of amides is 2. The molecule has 1 atom stereocenters. The van der Waals surface area contributed by atoms with Gasteiger partial charge < -0.3 is 15.0 Å². The first-order valence-electron chi connectivity index (χ1n) is 7.93. The molecule has 1 saturated heterocycles. The average molecular weight is 318 g/mol. The van der Waals surface area contributed by atoms with Gasteiger partial charge in [0.2, 0.25) is 5.91 Å². The number of carbonyl (C=O) groups excluding carboxylic acids is 3. The molecule has 6 nitrogen and oxygen atoms in total. The first-order chi connectivity index (χ1) is 11.1. The van der Waals surface area contributed by atoms with Gasteiger partial charge in [0.15, 0.2) is 0 Å². The largest absolute Gasteiger partial charge is 0.466 e. The molecule has 0 aromatic heterocycles. The zero-order chi connectivity index (χ0) is 16.7. The number of esters is 1. The van der Waals surface area contributed by atoms with Gasteiger partial charge in [0, 0.05) is 18.7 Å². The van der Waals surface area contributed by atoms with E-state index in [9.17, 15) is 14.4 Å².